The highest BCUT2D eigenvalue weighted by Gasteiger charge is 2.25. The second kappa shape index (κ2) is 5.26. The third-order valence-electron chi connectivity index (χ3n) is 4.15. The molecule has 0 aromatic carbocycles. The quantitative estimate of drug-likeness (QED) is 0.946. The zero-order valence-corrected chi connectivity index (χ0v) is 13.0. The van der Waals surface area contributed by atoms with E-state index in [2.05, 4.69) is 4.98 Å². The molecule has 0 radical (unpaired) electrons. The van der Waals surface area contributed by atoms with Gasteiger partial charge in [0.25, 0.3) is 5.56 Å². The van der Waals surface area contributed by atoms with Gasteiger partial charge in [-0.2, -0.15) is 0 Å². The van der Waals surface area contributed by atoms with Crippen LogP contribution in [-0.4, -0.2) is 20.6 Å². The lowest BCUT2D eigenvalue weighted by Crippen LogP contribution is -2.31. The number of carbonyl (C=O) groups is 1. The van der Waals surface area contributed by atoms with Gasteiger partial charge in [0.2, 0.25) is 0 Å². The first-order valence-electron chi connectivity index (χ1n) is 7.33. The number of nitrogens with zero attached hydrogens (tertiary/aromatic N) is 2. The number of hydrogen-bond acceptors (Lipinski definition) is 4. The Morgan fingerprint density at radius 2 is 2.14 bits per heavy atom. The summed E-state index contributed by atoms with van der Waals surface area (Å²) in [4.78, 5) is 30.8. The van der Waals surface area contributed by atoms with Crippen LogP contribution in [0, 0.1) is 0 Å². The van der Waals surface area contributed by atoms with Gasteiger partial charge in [0, 0.05) is 11.3 Å². The molecule has 3 rings (SSSR count). The van der Waals surface area contributed by atoms with Crippen molar-refractivity contribution in [1.82, 2.24) is 9.55 Å². The molecule has 0 saturated heterocycles. The van der Waals surface area contributed by atoms with Crippen LogP contribution in [0.1, 0.15) is 49.0 Å². The molecule has 6 heteroatoms. The second-order valence-corrected chi connectivity index (χ2v) is 6.55. The van der Waals surface area contributed by atoms with E-state index in [1.165, 1.54) is 16.4 Å². The lowest BCUT2D eigenvalue weighted by molar-refractivity contribution is -0.140. The Kier molecular flexibility index (Phi) is 3.57. The fourth-order valence-corrected chi connectivity index (χ4v) is 4.29. The van der Waals surface area contributed by atoms with Crippen LogP contribution in [0.4, 0.5) is 0 Å². The van der Waals surface area contributed by atoms with E-state index in [0.717, 1.165) is 36.1 Å². The molecule has 1 atom stereocenters. The summed E-state index contributed by atoms with van der Waals surface area (Å²) in [5, 5.41) is 9.91. The summed E-state index contributed by atoms with van der Waals surface area (Å²) in [6.07, 6.45) is 4.69. The molecule has 2 aromatic heterocycles. The molecule has 5 nitrogen and oxygen atoms in total. The summed E-state index contributed by atoms with van der Waals surface area (Å²) >= 11 is 1.60. The van der Waals surface area contributed by atoms with E-state index in [4.69, 9.17) is 0 Å². The molecule has 21 heavy (non-hydrogen) atoms. The SMILES string of the molecule is CCc1nc2sc3c(c2c(=O)n1C(C)C(=O)O)CCCC3. The van der Waals surface area contributed by atoms with E-state index in [9.17, 15) is 14.7 Å². The fraction of sp³-hybridized carbons (Fsp3) is 0.533. The van der Waals surface area contributed by atoms with Gasteiger partial charge >= 0.3 is 5.97 Å². The summed E-state index contributed by atoms with van der Waals surface area (Å²) in [5.74, 6) is -0.446. The van der Waals surface area contributed by atoms with E-state index in [1.807, 2.05) is 6.92 Å². The van der Waals surface area contributed by atoms with Crippen molar-refractivity contribution < 1.29 is 9.90 Å². The minimum Gasteiger partial charge on any atom is -0.480 e. The molecule has 1 aliphatic rings. The van der Waals surface area contributed by atoms with Gasteiger partial charge in [-0.1, -0.05) is 6.92 Å². The van der Waals surface area contributed by atoms with Gasteiger partial charge in [-0.05, 0) is 38.2 Å². The van der Waals surface area contributed by atoms with Crippen LogP contribution in [0.2, 0.25) is 0 Å². The number of fused-ring (bicyclic) bond motifs is 3. The summed E-state index contributed by atoms with van der Waals surface area (Å²) in [6.45, 7) is 3.43. The number of aromatic nitrogens is 2. The van der Waals surface area contributed by atoms with E-state index >= 15 is 0 Å². The molecular formula is C15H18N2O3S. The van der Waals surface area contributed by atoms with Crippen molar-refractivity contribution in [3.05, 3.63) is 26.6 Å². The molecule has 0 amide bonds. The molecule has 112 valence electrons. The zero-order chi connectivity index (χ0) is 15.1. The normalized spacial score (nSPS) is 15.9. The Morgan fingerprint density at radius 1 is 1.43 bits per heavy atom. The van der Waals surface area contributed by atoms with Gasteiger partial charge in [-0.25, -0.2) is 9.78 Å². The van der Waals surface area contributed by atoms with E-state index in [1.54, 1.807) is 11.3 Å². The molecule has 0 spiro atoms. The largest absolute Gasteiger partial charge is 0.480 e. The van der Waals surface area contributed by atoms with Crippen LogP contribution in [0.5, 0.6) is 0 Å². The van der Waals surface area contributed by atoms with Gasteiger partial charge in [0.05, 0.1) is 5.39 Å². The highest BCUT2D eigenvalue weighted by atomic mass is 32.1. The van der Waals surface area contributed by atoms with Crippen molar-refractivity contribution in [2.45, 2.75) is 52.0 Å². The Bertz CT molecular complexity index is 775. The van der Waals surface area contributed by atoms with Crippen molar-refractivity contribution in [2.75, 3.05) is 0 Å². The van der Waals surface area contributed by atoms with Crippen molar-refractivity contribution in [3.63, 3.8) is 0 Å². The molecule has 0 fully saturated rings. The van der Waals surface area contributed by atoms with Gasteiger partial charge in [-0.3, -0.25) is 9.36 Å². The first-order valence-corrected chi connectivity index (χ1v) is 8.14. The number of thiophene rings is 1. The fourth-order valence-electron chi connectivity index (χ4n) is 3.02. The third-order valence-corrected chi connectivity index (χ3v) is 5.34. The molecule has 0 bridgehead atoms. The van der Waals surface area contributed by atoms with E-state index < -0.39 is 12.0 Å². The molecule has 1 unspecified atom stereocenters. The van der Waals surface area contributed by atoms with Gasteiger partial charge < -0.3 is 5.11 Å². The van der Waals surface area contributed by atoms with Gasteiger partial charge in [-0.15, -0.1) is 11.3 Å². The molecule has 1 aliphatic carbocycles. The Labute approximate surface area is 126 Å². The van der Waals surface area contributed by atoms with Crippen LogP contribution in [-0.2, 0) is 24.1 Å². The molecule has 0 saturated carbocycles. The van der Waals surface area contributed by atoms with Crippen molar-refractivity contribution in [3.8, 4) is 0 Å². The maximum absolute atomic E-state index is 12.9. The maximum atomic E-state index is 12.9. The summed E-state index contributed by atoms with van der Waals surface area (Å²) < 4.78 is 1.35. The predicted molar refractivity (Wildman–Crippen MR) is 82.2 cm³/mol. The number of aryl methyl sites for hydroxylation is 3. The topological polar surface area (TPSA) is 72.2 Å². The first kappa shape index (κ1) is 14.3. The number of carboxylic acids is 1. The molecule has 2 aromatic rings. The number of carboxylic acid groups (broad SMARTS) is 1. The van der Waals surface area contributed by atoms with Gasteiger partial charge in [0.15, 0.2) is 0 Å². The number of rotatable bonds is 3. The van der Waals surface area contributed by atoms with Crippen molar-refractivity contribution in [2.24, 2.45) is 0 Å². The summed E-state index contributed by atoms with van der Waals surface area (Å²) in [5.41, 5.74) is 0.916. The Hall–Kier alpha value is -1.69. The predicted octanol–water partition coefficient (Wildman–Crippen LogP) is 2.54. The average molecular weight is 306 g/mol. The highest BCUT2D eigenvalue weighted by Crippen LogP contribution is 2.34. The lowest BCUT2D eigenvalue weighted by atomic mass is 9.97. The number of aliphatic carboxylic acids is 1. The molecular weight excluding hydrogens is 288 g/mol. The lowest BCUT2D eigenvalue weighted by Gasteiger charge is -2.15. The number of hydrogen-bond donors (Lipinski definition) is 1. The first-order chi connectivity index (χ1) is 10.0. The molecule has 1 N–H and O–H groups in total. The smallest absolute Gasteiger partial charge is 0.326 e. The van der Waals surface area contributed by atoms with E-state index in [0.29, 0.717) is 17.6 Å². The van der Waals surface area contributed by atoms with Crippen LogP contribution >= 0.6 is 11.3 Å². The van der Waals surface area contributed by atoms with Crippen LogP contribution < -0.4 is 5.56 Å². The Balaban J connectivity index is 2.34. The summed E-state index contributed by atoms with van der Waals surface area (Å²) in [7, 11) is 0. The Morgan fingerprint density at radius 3 is 2.81 bits per heavy atom. The minimum atomic E-state index is -1.00. The average Bonchev–Trinajstić information content (AvgIpc) is 2.84. The second-order valence-electron chi connectivity index (χ2n) is 5.46. The van der Waals surface area contributed by atoms with Crippen molar-refractivity contribution >= 4 is 27.5 Å². The maximum Gasteiger partial charge on any atom is 0.326 e. The molecule has 0 aliphatic heterocycles. The highest BCUT2D eigenvalue weighted by molar-refractivity contribution is 7.18. The zero-order valence-electron chi connectivity index (χ0n) is 12.2. The van der Waals surface area contributed by atoms with Crippen LogP contribution in [0.3, 0.4) is 0 Å². The van der Waals surface area contributed by atoms with Gasteiger partial charge in [0.1, 0.15) is 16.7 Å². The van der Waals surface area contributed by atoms with Crippen molar-refractivity contribution in [1.29, 1.82) is 0 Å². The third kappa shape index (κ3) is 2.18. The van der Waals surface area contributed by atoms with Crippen LogP contribution in [0.15, 0.2) is 4.79 Å². The van der Waals surface area contributed by atoms with Crippen LogP contribution in [0.25, 0.3) is 10.2 Å². The minimum absolute atomic E-state index is 0.189. The standard InChI is InChI=1S/C15H18N2O3S/c1-3-11-16-13-12(9-6-4-5-7-10(9)21-13)14(18)17(11)8(2)15(19)20/h8H,3-7H2,1-2H3,(H,19,20). The van der Waals surface area contributed by atoms with E-state index in [-0.39, 0.29) is 5.56 Å². The monoisotopic (exact) mass is 306 g/mol. The summed E-state index contributed by atoms with van der Waals surface area (Å²) in [6, 6.07) is -0.886. The molecule has 2 heterocycles.